The van der Waals surface area contributed by atoms with Crippen molar-refractivity contribution in [2.75, 3.05) is 0 Å². The van der Waals surface area contributed by atoms with E-state index in [-0.39, 0.29) is 0 Å². The van der Waals surface area contributed by atoms with Crippen LogP contribution in [0.5, 0.6) is 0 Å². The van der Waals surface area contributed by atoms with Crippen molar-refractivity contribution in [3.05, 3.63) is 36.5 Å². The summed E-state index contributed by atoms with van der Waals surface area (Å²) in [4.78, 5) is 0. The van der Waals surface area contributed by atoms with E-state index in [0.717, 1.165) is 6.54 Å². The van der Waals surface area contributed by atoms with Crippen LogP contribution in [-0.4, -0.2) is 10.7 Å². The fraction of sp³-hybridized carbons (Fsp3) is 0.385. The molecule has 15 heavy (non-hydrogen) atoms. The van der Waals surface area contributed by atoms with Crippen molar-refractivity contribution in [3.63, 3.8) is 0 Å². The molecule has 2 heteroatoms. The first-order valence-electron chi connectivity index (χ1n) is 5.49. The average molecular weight is 205 g/mol. The second-order valence-electron chi connectivity index (χ2n) is 3.86. The zero-order chi connectivity index (χ0) is 10.7. The van der Waals surface area contributed by atoms with Gasteiger partial charge in [0.2, 0.25) is 0 Å². The van der Waals surface area contributed by atoms with Crippen LogP contribution in [0, 0.1) is 0 Å². The number of fused-ring (bicyclic) bond motifs is 1. The predicted molar refractivity (Wildman–Crippen MR) is 61.7 cm³/mol. The van der Waals surface area contributed by atoms with E-state index in [9.17, 15) is 4.39 Å². The number of nitrogens with zero attached hydrogens (tertiary/aromatic N) is 1. The van der Waals surface area contributed by atoms with Crippen molar-refractivity contribution in [2.24, 2.45) is 0 Å². The molecule has 0 radical (unpaired) electrons. The molecule has 0 bridgehead atoms. The molecule has 1 heterocycles. The van der Waals surface area contributed by atoms with Crippen LogP contribution in [0.2, 0.25) is 0 Å². The van der Waals surface area contributed by atoms with Gasteiger partial charge in [-0.25, -0.2) is 4.39 Å². The molecule has 2 rings (SSSR count). The van der Waals surface area contributed by atoms with Crippen LogP contribution in [-0.2, 0) is 6.54 Å². The molecule has 1 nitrogen and oxygen atoms in total. The molecule has 0 unspecified atom stereocenters. The molecule has 0 saturated heterocycles. The van der Waals surface area contributed by atoms with E-state index in [1.54, 1.807) is 0 Å². The molecule has 1 aromatic carbocycles. The molecular weight excluding hydrogens is 189 g/mol. The lowest BCUT2D eigenvalue weighted by molar-refractivity contribution is 0.294. The molecule has 0 fully saturated rings. The second kappa shape index (κ2) is 4.47. The maximum Gasteiger partial charge on any atom is 0.102 e. The largest absolute Gasteiger partial charge is 0.347 e. The lowest BCUT2D eigenvalue weighted by atomic mass is 10.2. The van der Waals surface area contributed by atoms with Gasteiger partial charge in [-0.15, -0.1) is 0 Å². The number of aromatic nitrogens is 1. The molecule has 0 N–H and O–H groups in total. The summed E-state index contributed by atoms with van der Waals surface area (Å²) in [6, 6.07) is 10.3. The third kappa shape index (κ3) is 2.20. The molecule has 0 saturated carbocycles. The Balaban J connectivity index is 2.14. The van der Waals surface area contributed by atoms with E-state index in [2.05, 4.69) is 22.8 Å². The molecule has 0 spiro atoms. The summed E-state index contributed by atoms with van der Waals surface area (Å²) in [5, 5.41) is 1.23. The summed E-state index contributed by atoms with van der Waals surface area (Å²) in [5.41, 5.74) is 1.20. The van der Waals surface area contributed by atoms with Crippen LogP contribution in [0.4, 0.5) is 4.39 Å². The van der Waals surface area contributed by atoms with E-state index >= 15 is 0 Å². The Labute approximate surface area is 89.5 Å². The quantitative estimate of drug-likeness (QED) is 0.715. The highest BCUT2D eigenvalue weighted by molar-refractivity contribution is 5.79. The minimum absolute atomic E-state index is 0.606. The number of aryl methyl sites for hydroxylation is 1. The molecular formula is C13H16FN. The number of benzene rings is 1. The van der Waals surface area contributed by atoms with Crippen LogP contribution in [0.1, 0.15) is 19.8 Å². The molecule has 1 aromatic heterocycles. The number of alkyl halides is 1. The highest BCUT2D eigenvalue weighted by Crippen LogP contribution is 2.16. The van der Waals surface area contributed by atoms with Crippen molar-refractivity contribution in [1.82, 2.24) is 4.57 Å². The first-order chi connectivity index (χ1) is 7.31. The summed E-state index contributed by atoms with van der Waals surface area (Å²) in [5.74, 6) is 0. The first kappa shape index (κ1) is 10.2. The zero-order valence-corrected chi connectivity index (χ0v) is 8.99. The Bertz CT molecular complexity index is 433. The third-order valence-electron chi connectivity index (χ3n) is 2.81. The van der Waals surface area contributed by atoms with Crippen molar-refractivity contribution >= 4 is 10.9 Å². The van der Waals surface area contributed by atoms with Gasteiger partial charge in [0.25, 0.3) is 0 Å². The number of rotatable bonds is 4. The molecule has 1 atom stereocenters. The van der Waals surface area contributed by atoms with Crippen LogP contribution >= 0.6 is 0 Å². The summed E-state index contributed by atoms with van der Waals surface area (Å²) in [6.45, 7) is 2.65. The molecule has 80 valence electrons. The highest BCUT2D eigenvalue weighted by Gasteiger charge is 2.04. The Morgan fingerprint density at radius 3 is 2.87 bits per heavy atom. The van der Waals surface area contributed by atoms with Gasteiger partial charge in [-0.1, -0.05) is 25.1 Å². The molecule has 0 aliphatic heterocycles. The topological polar surface area (TPSA) is 4.93 Å². The van der Waals surface area contributed by atoms with Crippen LogP contribution in [0.15, 0.2) is 36.5 Å². The standard InChI is InChI=1S/C13H16FN/c1-2-12(14)8-10-15-9-7-11-5-3-4-6-13(11)15/h3-7,9,12H,2,8,10H2,1H3/t12-/m0/s1. The van der Waals surface area contributed by atoms with Gasteiger partial charge in [-0.05, 0) is 30.4 Å². The Hall–Kier alpha value is -1.31. The Kier molecular flexibility index (Phi) is 3.05. The Morgan fingerprint density at radius 2 is 2.07 bits per heavy atom. The maximum atomic E-state index is 13.1. The number of hydrogen-bond acceptors (Lipinski definition) is 0. The first-order valence-corrected chi connectivity index (χ1v) is 5.49. The van der Waals surface area contributed by atoms with Crippen LogP contribution in [0.25, 0.3) is 10.9 Å². The lowest BCUT2D eigenvalue weighted by Gasteiger charge is -2.07. The van der Waals surface area contributed by atoms with Crippen molar-refractivity contribution in [3.8, 4) is 0 Å². The number of para-hydroxylation sites is 1. The third-order valence-corrected chi connectivity index (χ3v) is 2.81. The molecule has 2 aromatic rings. The van der Waals surface area contributed by atoms with Gasteiger partial charge in [0.1, 0.15) is 6.17 Å². The fourth-order valence-corrected chi connectivity index (χ4v) is 1.82. The predicted octanol–water partition coefficient (Wildman–Crippen LogP) is 3.78. The molecule has 0 amide bonds. The van der Waals surface area contributed by atoms with E-state index < -0.39 is 6.17 Å². The second-order valence-corrected chi connectivity index (χ2v) is 3.86. The van der Waals surface area contributed by atoms with Crippen LogP contribution < -0.4 is 0 Å². The van der Waals surface area contributed by atoms with E-state index in [1.165, 1.54) is 10.9 Å². The molecule has 0 aliphatic carbocycles. The van der Waals surface area contributed by atoms with E-state index in [1.807, 2.05) is 25.3 Å². The summed E-state index contributed by atoms with van der Waals surface area (Å²) in [7, 11) is 0. The zero-order valence-electron chi connectivity index (χ0n) is 8.99. The van der Waals surface area contributed by atoms with Gasteiger partial charge < -0.3 is 4.57 Å². The van der Waals surface area contributed by atoms with Gasteiger partial charge in [-0.3, -0.25) is 0 Å². The monoisotopic (exact) mass is 205 g/mol. The number of hydrogen-bond donors (Lipinski definition) is 0. The average Bonchev–Trinajstić information content (AvgIpc) is 2.69. The SMILES string of the molecule is CC[C@H](F)CCn1ccc2ccccc21. The summed E-state index contributed by atoms with van der Waals surface area (Å²) < 4.78 is 15.2. The van der Waals surface area contributed by atoms with Gasteiger partial charge >= 0.3 is 0 Å². The maximum absolute atomic E-state index is 13.1. The smallest absolute Gasteiger partial charge is 0.102 e. The van der Waals surface area contributed by atoms with Gasteiger partial charge in [0.15, 0.2) is 0 Å². The van der Waals surface area contributed by atoms with Gasteiger partial charge in [0, 0.05) is 18.3 Å². The van der Waals surface area contributed by atoms with E-state index in [0.29, 0.717) is 12.8 Å². The van der Waals surface area contributed by atoms with Gasteiger partial charge in [-0.2, -0.15) is 0 Å². The number of halogens is 1. The highest BCUT2D eigenvalue weighted by atomic mass is 19.1. The van der Waals surface area contributed by atoms with Crippen molar-refractivity contribution in [1.29, 1.82) is 0 Å². The van der Waals surface area contributed by atoms with Crippen molar-refractivity contribution in [2.45, 2.75) is 32.5 Å². The molecule has 0 aliphatic rings. The van der Waals surface area contributed by atoms with E-state index in [4.69, 9.17) is 0 Å². The summed E-state index contributed by atoms with van der Waals surface area (Å²) >= 11 is 0. The van der Waals surface area contributed by atoms with Gasteiger partial charge in [0.05, 0.1) is 0 Å². The summed E-state index contributed by atoms with van der Waals surface area (Å²) in [6.07, 6.45) is 2.58. The van der Waals surface area contributed by atoms with Crippen LogP contribution in [0.3, 0.4) is 0 Å². The minimum Gasteiger partial charge on any atom is -0.347 e. The lowest BCUT2D eigenvalue weighted by Crippen LogP contribution is -2.04. The Morgan fingerprint density at radius 1 is 1.27 bits per heavy atom. The normalized spacial score (nSPS) is 13.2. The van der Waals surface area contributed by atoms with Crippen molar-refractivity contribution < 1.29 is 4.39 Å². The fourth-order valence-electron chi connectivity index (χ4n) is 1.82. The minimum atomic E-state index is -0.675.